The van der Waals surface area contributed by atoms with E-state index in [1.165, 1.54) is 11.0 Å². The number of alkyl halides is 3. The minimum atomic E-state index is -4.44. The molecule has 4 nitrogen and oxygen atoms in total. The van der Waals surface area contributed by atoms with E-state index >= 15 is 0 Å². The molecule has 1 saturated heterocycles. The number of aliphatic imine (C=N–C) groups is 1. The number of likely N-dealkylation sites (tertiary alicyclic amines) is 1. The molecular formula is C18H18F3N3O. The molecule has 1 amide bonds. The van der Waals surface area contributed by atoms with Crippen molar-refractivity contribution >= 4 is 11.6 Å². The van der Waals surface area contributed by atoms with Gasteiger partial charge in [0.1, 0.15) is 5.71 Å². The van der Waals surface area contributed by atoms with Gasteiger partial charge in [-0.2, -0.15) is 13.2 Å². The summed E-state index contributed by atoms with van der Waals surface area (Å²) in [5, 5.41) is 3.18. The molecule has 0 aliphatic carbocycles. The van der Waals surface area contributed by atoms with Crippen LogP contribution in [0.4, 0.5) is 13.2 Å². The Balaban J connectivity index is 2.17. The average molecular weight is 349 g/mol. The summed E-state index contributed by atoms with van der Waals surface area (Å²) in [4.78, 5) is 18.6. The minimum absolute atomic E-state index is 0.232. The van der Waals surface area contributed by atoms with Gasteiger partial charge in [0.2, 0.25) is 0 Å². The third-order valence-electron chi connectivity index (χ3n) is 4.34. The molecule has 1 atom stereocenters. The number of nitrogens with one attached hydrogen (secondary N) is 1. The van der Waals surface area contributed by atoms with Gasteiger partial charge in [-0.05, 0) is 24.6 Å². The van der Waals surface area contributed by atoms with Gasteiger partial charge in [-0.1, -0.05) is 18.2 Å². The zero-order valence-electron chi connectivity index (χ0n) is 13.7. The molecule has 1 N–H and O–H groups in total. The Labute approximate surface area is 143 Å². The van der Waals surface area contributed by atoms with Crippen molar-refractivity contribution in [2.75, 3.05) is 19.6 Å². The Morgan fingerprint density at radius 1 is 1.44 bits per heavy atom. The lowest BCUT2D eigenvalue weighted by atomic mass is 9.95. The standard InChI is InChI=1S/C18H18F3N3O/c1-3-9-24-16(12-5-4-6-13(10-12)18(19,20)21)14-11(2)22-7-8-23-15(14)17(24)25/h3-6,10,16,22H,1,7-9H2,2H3. The first-order valence-electron chi connectivity index (χ1n) is 7.93. The predicted molar refractivity (Wildman–Crippen MR) is 89.1 cm³/mol. The molecule has 7 heteroatoms. The highest BCUT2D eigenvalue weighted by atomic mass is 19.4. The largest absolute Gasteiger partial charge is 0.416 e. The highest BCUT2D eigenvalue weighted by molar-refractivity contribution is 6.48. The second-order valence-electron chi connectivity index (χ2n) is 5.97. The highest BCUT2D eigenvalue weighted by Crippen LogP contribution is 2.40. The van der Waals surface area contributed by atoms with Gasteiger partial charge < -0.3 is 10.2 Å². The summed E-state index contributed by atoms with van der Waals surface area (Å²) in [7, 11) is 0. The van der Waals surface area contributed by atoms with Crippen LogP contribution < -0.4 is 5.32 Å². The van der Waals surface area contributed by atoms with Gasteiger partial charge in [-0.25, -0.2) is 0 Å². The third-order valence-corrected chi connectivity index (χ3v) is 4.34. The summed E-state index contributed by atoms with van der Waals surface area (Å²) in [6, 6.07) is 4.49. The van der Waals surface area contributed by atoms with E-state index in [4.69, 9.17) is 0 Å². The van der Waals surface area contributed by atoms with Gasteiger partial charge in [0.15, 0.2) is 0 Å². The molecule has 0 spiro atoms. The van der Waals surface area contributed by atoms with Crippen LogP contribution in [0.1, 0.15) is 24.1 Å². The van der Waals surface area contributed by atoms with E-state index < -0.39 is 17.8 Å². The van der Waals surface area contributed by atoms with Crippen LogP contribution in [-0.2, 0) is 11.0 Å². The number of fused-ring (bicyclic) bond motifs is 1. The van der Waals surface area contributed by atoms with Gasteiger partial charge in [0.05, 0.1) is 18.2 Å². The number of hydrogen-bond acceptors (Lipinski definition) is 3. The van der Waals surface area contributed by atoms with Crippen LogP contribution in [0.15, 0.2) is 53.2 Å². The molecule has 1 aromatic carbocycles. The first-order chi connectivity index (χ1) is 11.8. The van der Waals surface area contributed by atoms with Crippen molar-refractivity contribution in [1.82, 2.24) is 10.2 Å². The summed E-state index contributed by atoms with van der Waals surface area (Å²) in [6.45, 7) is 6.74. The number of amides is 1. The predicted octanol–water partition coefficient (Wildman–Crippen LogP) is 3.09. The molecule has 0 saturated carbocycles. The highest BCUT2D eigenvalue weighted by Gasteiger charge is 2.43. The van der Waals surface area contributed by atoms with Crippen LogP contribution in [0.25, 0.3) is 0 Å². The fourth-order valence-electron chi connectivity index (χ4n) is 3.25. The molecular weight excluding hydrogens is 331 g/mol. The van der Waals surface area contributed by atoms with E-state index in [-0.39, 0.29) is 12.5 Å². The summed E-state index contributed by atoms with van der Waals surface area (Å²) < 4.78 is 39.3. The number of carbonyl (C=O) groups is 1. The quantitative estimate of drug-likeness (QED) is 0.853. The van der Waals surface area contributed by atoms with E-state index in [1.807, 2.05) is 6.92 Å². The van der Waals surface area contributed by atoms with Gasteiger partial charge in [0.25, 0.3) is 5.91 Å². The number of carbonyl (C=O) groups excluding carboxylic acids is 1. The van der Waals surface area contributed by atoms with Crippen LogP contribution in [0.2, 0.25) is 0 Å². The SMILES string of the molecule is C=CCN1C(=O)C2=NCCNC(C)=C2C1c1cccc(C(F)(F)F)c1. The van der Waals surface area contributed by atoms with E-state index in [0.717, 1.165) is 17.8 Å². The molecule has 1 unspecified atom stereocenters. The Hall–Kier alpha value is -2.57. The Kier molecular flexibility index (Phi) is 4.41. The van der Waals surface area contributed by atoms with Crippen molar-refractivity contribution < 1.29 is 18.0 Å². The molecule has 2 heterocycles. The Bertz CT molecular complexity index is 780. The van der Waals surface area contributed by atoms with Gasteiger partial charge in [-0.3, -0.25) is 9.79 Å². The van der Waals surface area contributed by atoms with Crippen molar-refractivity contribution in [1.29, 1.82) is 0 Å². The number of benzene rings is 1. The molecule has 25 heavy (non-hydrogen) atoms. The summed E-state index contributed by atoms with van der Waals surface area (Å²) in [5.74, 6) is -0.277. The normalized spacial score (nSPS) is 20.8. The number of allylic oxidation sites excluding steroid dienone is 1. The smallest absolute Gasteiger partial charge is 0.386 e. The van der Waals surface area contributed by atoms with Crippen molar-refractivity contribution in [3.63, 3.8) is 0 Å². The van der Waals surface area contributed by atoms with Crippen molar-refractivity contribution in [2.45, 2.75) is 19.1 Å². The Morgan fingerprint density at radius 2 is 2.20 bits per heavy atom. The number of hydrogen-bond donors (Lipinski definition) is 1. The van der Waals surface area contributed by atoms with Crippen LogP contribution in [-0.4, -0.2) is 36.2 Å². The van der Waals surface area contributed by atoms with Crippen molar-refractivity contribution in [3.8, 4) is 0 Å². The molecule has 1 aromatic rings. The fourth-order valence-corrected chi connectivity index (χ4v) is 3.25. The molecule has 3 rings (SSSR count). The first-order valence-corrected chi connectivity index (χ1v) is 7.93. The lowest BCUT2D eigenvalue weighted by molar-refractivity contribution is -0.137. The molecule has 1 fully saturated rings. The van der Waals surface area contributed by atoms with Crippen LogP contribution in [0.3, 0.4) is 0 Å². The lowest BCUT2D eigenvalue weighted by Crippen LogP contribution is -2.30. The second-order valence-corrected chi connectivity index (χ2v) is 5.97. The number of rotatable bonds is 3. The maximum Gasteiger partial charge on any atom is 0.416 e. The minimum Gasteiger partial charge on any atom is -0.386 e. The first kappa shape index (κ1) is 17.3. The van der Waals surface area contributed by atoms with E-state index in [2.05, 4.69) is 16.9 Å². The van der Waals surface area contributed by atoms with Crippen molar-refractivity contribution in [2.24, 2.45) is 4.99 Å². The number of nitrogens with zero attached hydrogens (tertiary/aromatic N) is 2. The molecule has 0 bridgehead atoms. The van der Waals surface area contributed by atoms with Crippen molar-refractivity contribution in [3.05, 3.63) is 59.3 Å². The van der Waals surface area contributed by atoms with Crippen LogP contribution >= 0.6 is 0 Å². The topological polar surface area (TPSA) is 44.7 Å². The third kappa shape index (κ3) is 3.06. The van der Waals surface area contributed by atoms with Gasteiger partial charge >= 0.3 is 6.18 Å². The van der Waals surface area contributed by atoms with Gasteiger partial charge in [0, 0.05) is 24.4 Å². The molecule has 132 valence electrons. The maximum atomic E-state index is 13.1. The summed E-state index contributed by atoms with van der Waals surface area (Å²) in [6.07, 6.45) is -2.88. The van der Waals surface area contributed by atoms with E-state index in [0.29, 0.717) is 29.9 Å². The van der Waals surface area contributed by atoms with Gasteiger partial charge in [-0.15, -0.1) is 6.58 Å². The monoisotopic (exact) mass is 349 g/mol. The average Bonchev–Trinajstić information content (AvgIpc) is 2.70. The molecule has 0 radical (unpaired) electrons. The van der Waals surface area contributed by atoms with Crippen LogP contribution in [0, 0.1) is 0 Å². The second kappa shape index (κ2) is 6.38. The van der Waals surface area contributed by atoms with E-state index in [9.17, 15) is 18.0 Å². The summed E-state index contributed by atoms with van der Waals surface area (Å²) >= 11 is 0. The van der Waals surface area contributed by atoms with Crippen LogP contribution in [0.5, 0.6) is 0 Å². The number of halogens is 3. The fraction of sp³-hybridized carbons (Fsp3) is 0.333. The zero-order valence-corrected chi connectivity index (χ0v) is 13.7. The molecule has 2 aliphatic rings. The summed E-state index contributed by atoms with van der Waals surface area (Å²) in [5.41, 5.74) is 1.41. The zero-order chi connectivity index (χ0) is 18.2. The lowest BCUT2D eigenvalue weighted by Gasteiger charge is -2.25. The molecule has 0 aromatic heterocycles. The Morgan fingerprint density at radius 3 is 2.88 bits per heavy atom. The van der Waals surface area contributed by atoms with E-state index in [1.54, 1.807) is 12.1 Å². The maximum absolute atomic E-state index is 13.1. The molecule has 2 aliphatic heterocycles.